The van der Waals surface area contributed by atoms with Gasteiger partial charge in [0, 0.05) is 37.5 Å². The topological polar surface area (TPSA) is 130 Å². The first-order valence-electron chi connectivity index (χ1n) is 8.33. The monoisotopic (exact) mass is 420 g/mol. The van der Waals surface area contributed by atoms with Gasteiger partial charge in [-0.25, -0.2) is 8.42 Å². The molecule has 0 aromatic heterocycles. The van der Waals surface area contributed by atoms with Crippen LogP contribution in [0.3, 0.4) is 0 Å². The number of rotatable bonds is 7. The van der Waals surface area contributed by atoms with Crippen LogP contribution in [0.4, 0.5) is 17.1 Å². The maximum Gasteiger partial charge on any atom is 0.271 e. The third-order valence-corrected chi connectivity index (χ3v) is 4.98. The van der Waals surface area contributed by atoms with E-state index < -0.39 is 27.4 Å². The van der Waals surface area contributed by atoms with Crippen molar-refractivity contribution < 1.29 is 22.9 Å². The fraction of sp³-hybridized carbons (Fsp3) is 0.222. The second kappa shape index (κ2) is 8.69. The largest absolute Gasteiger partial charge is 0.345 e. The summed E-state index contributed by atoms with van der Waals surface area (Å²) in [6.07, 6.45) is 0.951. The van der Waals surface area contributed by atoms with Gasteiger partial charge in [0.25, 0.3) is 11.6 Å². The van der Waals surface area contributed by atoms with E-state index >= 15 is 0 Å². The molecule has 0 radical (unpaired) electrons. The number of nitrogens with zero attached hydrogens (tertiary/aromatic N) is 3. The Balaban J connectivity index is 2.21. The van der Waals surface area contributed by atoms with Gasteiger partial charge in [0.05, 0.1) is 16.9 Å². The summed E-state index contributed by atoms with van der Waals surface area (Å²) in [6.45, 7) is -0.539. The van der Waals surface area contributed by atoms with Gasteiger partial charge < -0.3 is 10.2 Å². The lowest BCUT2D eigenvalue weighted by atomic mass is 10.2. The van der Waals surface area contributed by atoms with Crippen LogP contribution in [0.15, 0.2) is 48.5 Å². The minimum absolute atomic E-state index is 0.171. The SMILES string of the molecule is CN(C)C(=O)c1ccc(N(CC(=O)Nc2cccc([N+](=O)[O-])c2)S(C)(=O)=O)cc1. The van der Waals surface area contributed by atoms with E-state index in [9.17, 15) is 28.1 Å². The number of nitrogens with one attached hydrogen (secondary N) is 1. The lowest BCUT2D eigenvalue weighted by molar-refractivity contribution is -0.384. The molecule has 2 amide bonds. The van der Waals surface area contributed by atoms with Gasteiger partial charge in [-0.2, -0.15) is 0 Å². The second-order valence-corrected chi connectivity index (χ2v) is 8.28. The van der Waals surface area contributed by atoms with Crippen molar-refractivity contribution in [2.24, 2.45) is 0 Å². The molecule has 0 aliphatic heterocycles. The van der Waals surface area contributed by atoms with E-state index in [0.717, 1.165) is 10.6 Å². The number of nitro groups is 1. The number of hydrogen-bond acceptors (Lipinski definition) is 6. The molecule has 154 valence electrons. The van der Waals surface area contributed by atoms with Crippen LogP contribution in [-0.2, 0) is 14.8 Å². The van der Waals surface area contributed by atoms with Gasteiger partial charge in [-0.15, -0.1) is 0 Å². The third kappa shape index (κ3) is 5.75. The van der Waals surface area contributed by atoms with Crippen molar-refractivity contribution in [1.82, 2.24) is 4.90 Å². The van der Waals surface area contributed by atoms with Crippen molar-refractivity contribution in [2.45, 2.75) is 0 Å². The van der Waals surface area contributed by atoms with Crippen molar-refractivity contribution in [2.75, 3.05) is 36.5 Å². The molecule has 0 aliphatic carbocycles. The zero-order valence-electron chi connectivity index (χ0n) is 16.0. The number of anilines is 2. The highest BCUT2D eigenvalue weighted by molar-refractivity contribution is 7.92. The highest BCUT2D eigenvalue weighted by Gasteiger charge is 2.22. The molecule has 0 fully saturated rings. The van der Waals surface area contributed by atoms with Crippen molar-refractivity contribution in [3.63, 3.8) is 0 Å². The van der Waals surface area contributed by atoms with E-state index in [1.807, 2.05) is 0 Å². The van der Waals surface area contributed by atoms with Crippen LogP contribution in [0.5, 0.6) is 0 Å². The normalized spacial score (nSPS) is 10.9. The maximum absolute atomic E-state index is 12.3. The average molecular weight is 420 g/mol. The van der Waals surface area contributed by atoms with Crippen LogP contribution in [0.25, 0.3) is 0 Å². The summed E-state index contributed by atoms with van der Waals surface area (Å²) in [4.78, 5) is 35.9. The Morgan fingerprint density at radius 1 is 1.10 bits per heavy atom. The van der Waals surface area contributed by atoms with Crippen molar-refractivity contribution >= 4 is 38.9 Å². The van der Waals surface area contributed by atoms with Gasteiger partial charge in [0.1, 0.15) is 6.54 Å². The molecule has 10 nitrogen and oxygen atoms in total. The van der Waals surface area contributed by atoms with Crippen LogP contribution >= 0.6 is 0 Å². The van der Waals surface area contributed by atoms with Gasteiger partial charge in [0.2, 0.25) is 15.9 Å². The van der Waals surface area contributed by atoms with E-state index in [1.54, 1.807) is 14.1 Å². The Morgan fingerprint density at radius 2 is 1.72 bits per heavy atom. The molecule has 11 heteroatoms. The van der Waals surface area contributed by atoms with Crippen LogP contribution in [-0.4, -0.2) is 57.0 Å². The molecule has 29 heavy (non-hydrogen) atoms. The van der Waals surface area contributed by atoms with Crippen LogP contribution in [0, 0.1) is 10.1 Å². The molecular weight excluding hydrogens is 400 g/mol. The predicted molar refractivity (Wildman–Crippen MR) is 108 cm³/mol. The first-order valence-corrected chi connectivity index (χ1v) is 10.2. The first kappa shape index (κ1) is 21.8. The van der Waals surface area contributed by atoms with E-state index in [2.05, 4.69) is 5.32 Å². The van der Waals surface area contributed by atoms with Gasteiger partial charge >= 0.3 is 0 Å². The molecular formula is C18H20N4O6S. The number of carbonyl (C=O) groups excluding carboxylic acids is 2. The number of hydrogen-bond donors (Lipinski definition) is 1. The molecule has 0 bridgehead atoms. The molecule has 0 heterocycles. The van der Waals surface area contributed by atoms with Crippen LogP contribution in [0.1, 0.15) is 10.4 Å². The molecule has 0 saturated carbocycles. The van der Waals surface area contributed by atoms with Crippen molar-refractivity contribution in [3.8, 4) is 0 Å². The number of sulfonamides is 1. The molecule has 0 saturated heterocycles. The summed E-state index contributed by atoms with van der Waals surface area (Å²) >= 11 is 0. The van der Waals surface area contributed by atoms with Gasteiger partial charge in [-0.05, 0) is 30.3 Å². The number of amides is 2. The molecule has 0 atom stereocenters. The standard InChI is InChI=1S/C18H20N4O6S/c1-20(2)18(24)13-7-9-15(10-8-13)21(29(3,27)28)12-17(23)19-14-5-4-6-16(11-14)22(25)26/h4-11H,12H2,1-3H3,(H,19,23). The minimum atomic E-state index is -3.81. The number of carbonyl (C=O) groups is 2. The van der Waals surface area contributed by atoms with E-state index in [4.69, 9.17) is 0 Å². The summed E-state index contributed by atoms with van der Waals surface area (Å²) in [5.41, 5.74) is 0.541. The van der Waals surface area contributed by atoms with Gasteiger partial charge in [0.15, 0.2) is 0 Å². The third-order valence-electron chi connectivity index (χ3n) is 3.84. The lowest BCUT2D eigenvalue weighted by Crippen LogP contribution is -2.37. The summed E-state index contributed by atoms with van der Waals surface area (Å²) < 4.78 is 25.2. The Bertz CT molecular complexity index is 1030. The lowest BCUT2D eigenvalue weighted by Gasteiger charge is -2.22. The Morgan fingerprint density at radius 3 is 2.24 bits per heavy atom. The smallest absolute Gasteiger partial charge is 0.271 e. The number of nitro benzene ring substituents is 1. The minimum Gasteiger partial charge on any atom is -0.345 e. The molecule has 0 spiro atoms. The predicted octanol–water partition coefficient (Wildman–Crippen LogP) is 1.70. The molecule has 2 aromatic carbocycles. The summed E-state index contributed by atoms with van der Waals surface area (Å²) in [7, 11) is -0.618. The van der Waals surface area contributed by atoms with Crippen molar-refractivity contribution in [1.29, 1.82) is 0 Å². The zero-order valence-corrected chi connectivity index (χ0v) is 16.8. The van der Waals surface area contributed by atoms with Crippen LogP contribution < -0.4 is 9.62 Å². The van der Waals surface area contributed by atoms with Gasteiger partial charge in [-0.3, -0.25) is 24.0 Å². The average Bonchev–Trinajstić information content (AvgIpc) is 2.65. The molecule has 2 rings (SSSR count). The molecule has 0 aliphatic rings. The summed E-state index contributed by atoms with van der Waals surface area (Å²) in [6, 6.07) is 11.1. The molecule has 0 unspecified atom stereocenters. The van der Waals surface area contributed by atoms with Crippen LogP contribution in [0.2, 0.25) is 0 Å². The highest BCUT2D eigenvalue weighted by Crippen LogP contribution is 2.20. The Hall–Kier alpha value is -3.47. The highest BCUT2D eigenvalue weighted by atomic mass is 32.2. The van der Waals surface area contributed by atoms with E-state index in [1.165, 1.54) is 53.4 Å². The Labute approximate surface area is 167 Å². The Kier molecular flexibility index (Phi) is 6.54. The fourth-order valence-electron chi connectivity index (χ4n) is 2.46. The summed E-state index contributed by atoms with van der Waals surface area (Å²) in [5.74, 6) is -0.921. The second-order valence-electron chi connectivity index (χ2n) is 6.37. The van der Waals surface area contributed by atoms with Gasteiger partial charge in [-0.1, -0.05) is 6.07 Å². The van der Waals surface area contributed by atoms with Crippen molar-refractivity contribution in [3.05, 3.63) is 64.2 Å². The molecule has 1 N–H and O–H groups in total. The van der Waals surface area contributed by atoms with E-state index in [0.29, 0.717) is 5.56 Å². The van der Waals surface area contributed by atoms with E-state index in [-0.39, 0.29) is 23.0 Å². The quantitative estimate of drug-likeness (QED) is 0.536. The number of non-ortho nitro benzene ring substituents is 1. The first-order chi connectivity index (χ1) is 13.5. The molecule has 2 aromatic rings. The maximum atomic E-state index is 12.3. The summed E-state index contributed by atoms with van der Waals surface area (Å²) in [5, 5.41) is 13.3. The fourth-order valence-corrected chi connectivity index (χ4v) is 3.31. The number of benzene rings is 2. The zero-order chi connectivity index (χ0) is 21.8.